The first-order valence-electron chi connectivity index (χ1n) is 7.70. The standard InChI is InChI=1S/C17H14F2N2O5/c18-10-1-3-13(12(19)6-10)21-8-9(5-15(21)22)16(23)20-7-11-2-4-14(26-11)17(24)25/h1-4,6,9H,5,7-8H2,(H,20,23)(H,24,25)/t9-/m0/s1. The van der Waals surface area contributed by atoms with Crippen LogP contribution in [0.15, 0.2) is 34.7 Å². The number of furan rings is 1. The van der Waals surface area contributed by atoms with E-state index in [1.165, 1.54) is 12.1 Å². The van der Waals surface area contributed by atoms with Gasteiger partial charge >= 0.3 is 5.97 Å². The molecule has 1 aromatic heterocycles. The first kappa shape index (κ1) is 17.6. The molecule has 136 valence electrons. The molecule has 7 nitrogen and oxygen atoms in total. The Morgan fingerprint density at radius 2 is 2.04 bits per heavy atom. The molecule has 9 heteroatoms. The highest BCUT2D eigenvalue weighted by atomic mass is 19.1. The monoisotopic (exact) mass is 364 g/mol. The van der Waals surface area contributed by atoms with E-state index in [9.17, 15) is 23.2 Å². The van der Waals surface area contributed by atoms with Gasteiger partial charge in [0.05, 0.1) is 18.2 Å². The van der Waals surface area contributed by atoms with E-state index in [2.05, 4.69) is 5.32 Å². The number of carbonyl (C=O) groups is 3. The largest absolute Gasteiger partial charge is 0.475 e. The molecule has 0 spiro atoms. The SMILES string of the molecule is O=C(O)c1ccc(CNC(=O)[C@H]2CC(=O)N(c3ccc(F)cc3F)C2)o1. The predicted molar refractivity (Wildman–Crippen MR) is 84.3 cm³/mol. The minimum Gasteiger partial charge on any atom is -0.475 e. The summed E-state index contributed by atoms with van der Waals surface area (Å²) >= 11 is 0. The molecule has 0 aliphatic carbocycles. The average molecular weight is 364 g/mol. The topological polar surface area (TPSA) is 99.8 Å². The quantitative estimate of drug-likeness (QED) is 0.844. The van der Waals surface area contributed by atoms with E-state index < -0.39 is 35.3 Å². The van der Waals surface area contributed by atoms with Crippen molar-refractivity contribution in [2.75, 3.05) is 11.4 Å². The van der Waals surface area contributed by atoms with Crippen molar-refractivity contribution in [3.63, 3.8) is 0 Å². The number of nitrogens with zero attached hydrogens (tertiary/aromatic N) is 1. The maximum Gasteiger partial charge on any atom is 0.371 e. The Morgan fingerprint density at radius 1 is 1.27 bits per heavy atom. The Kier molecular flexibility index (Phi) is 4.70. The van der Waals surface area contributed by atoms with E-state index in [1.54, 1.807) is 0 Å². The van der Waals surface area contributed by atoms with Crippen molar-refractivity contribution >= 4 is 23.5 Å². The number of carboxylic acids is 1. The minimum atomic E-state index is -1.22. The van der Waals surface area contributed by atoms with Crippen molar-refractivity contribution in [3.05, 3.63) is 53.5 Å². The lowest BCUT2D eigenvalue weighted by atomic mass is 10.1. The Hall–Kier alpha value is -3.23. The van der Waals surface area contributed by atoms with Gasteiger partial charge in [-0.1, -0.05) is 0 Å². The fourth-order valence-electron chi connectivity index (χ4n) is 2.72. The summed E-state index contributed by atoms with van der Waals surface area (Å²) in [5.41, 5.74) is -0.0798. The summed E-state index contributed by atoms with van der Waals surface area (Å²) in [4.78, 5) is 36.1. The lowest BCUT2D eigenvalue weighted by Crippen LogP contribution is -2.32. The number of halogens is 2. The molecule has 2 heterocycles. The highest BCUT2D eigenvalue weighted by Crippen LogP contribution is 2.28. The lowest BCUT2D eigenvalue weighted by Gasteiger charge is -2.17. The number of carboxylic acid groups (broad SMARTS) is 1. The number of nitrogens with one attached hydrogen (secondary N) is 1. The number of rotatable bonds is 5. The van der Waals surface area contributed by atoms with E-state index in [4.69, 9.17) is 9.52 Å². The highest BCUT2D eigenvalue weighted by Gasteiger charge is 2.36. The summed E-state index contributed by atoms with van der Waals surface area (Å²) < 4.78 is 31.9. The zero-order valence-corrected chi connectivity index (χ0v) is 13.4. The second-order valence-electron chi connectivity index (χ2n) is 5.79. The van der Waals surface area contributed by atoms with Crippen molar-refractivity contribution in [3.8, 4) is 0 Å². The number of anilines is 1. The second kappa shape index (κ2) is 6.95. The van der Waals surface area contributed by atoms with Crippen LogP contribution >= 0.6 is 0 Å². The number of aromatic carboxylic acids is 1. The molecule has 0 radical (unpaired) electrons. The lowest BCUT2D eigenvalue weighted by molar-refractivity contribution is -0.126. The van der Waals surface area contributed by atoms with Gasteiger partial charge in [0, 0.05) is 19.0 Å². The third-order valence-electron chi connectivity index (χ3n) is 4.01. The zero-order valence-electron chi connectivity index (χ0n) is 13.4. The normalized spacial score (nSPS) is 16.8. The third kappa shape index (κ3) is 3.56. The van der Waals surface area contributed by atoms with Gasteiger partial charge in [-0.3, -0.25) is 9.59 Å². The summed E-state index contributed by atoms with van der Waals surface area (Å²) in [5.74, 6) is -4.45. The number of amides is 2. The van der Waals surface area contributed by atoms with Crippen molar-refractivity contribution in [2.45, 2.75) is 13.0 Å². The van der Waals surface area contributed by atoms with Crippen LogP contribution in [0.2, 0.25) is 0 Å². The van der Waals surface area contributed by atoms with E-state index in [-0.39, 0.29) is 36.7 Å². The van der Waals surface area contributed by atoms with Crippen LogP contribution in [0, 0.1) is 17.6 Å². The van der Waals surface area contributed by atoms with Crippen LogP contribution in [0.25, 0.3) is 0 Å². The molecule has 3 rings (SSSR count). The van der Waals surface area contributed by atoms with Crippen LogP contribution in [0.4, 0.5) is 14.5 Å². The molecule has 0 bridgehead atoms. The number of carbonyl (C=O) groups excluding carboxylic acids is 2. The zero-order chi connectivity index (χ0) is 18.8. The predicted octanol–water partition coefficient (Wildman–Crippen LogP) is 1.93. The van der Waals surface area contributed by atoms with Crippen molar-refractivity contribution in [1.82, 2.24) is 5.32 Å². The third-order valence-corrected chi connectivity index (χ3v) is 4.01. The Labute approximate surface area is 146 Å². The van der Waals surface area contributed by atoms with Crippen LogP contribution in [0.1, 0.15) is 22.7 Å². The van der Waals surface area contributed by atoms with Gasteiger partial charge in [-0.05, 0) is 24.3 Å². The molecule has 2 aromatic rings. The molecular formula is C17H14F2N2O5. The maximum absolute atomic E-state index is 13.8. The van der Waals surface area contributed by atoms with Gasteiger partial charge in [-0.25, -0.2) is 13.6 Å². The Morgan fingerprint density at radius 3 is 2.69 bits per heavy atom. The molecule has 1 atom stereocenters. The molecule has 1 fully saturated rings. The number of hydrogen-bond acceptors (Lipinski definition) is 4. The van der Waals surface area contributed by atoms with Gasteiger partial charge in [0.2, 0.25) is 17.6 Å². The van der Waals surface area contributed by atoms with Crippen LogP contribution in [0.3, 0.4) is 0 Å². The van der Waals surface area contributed by atoms with Gasteiger partial charge in [-0.2, -0.15) is 0 Å². The van der Waals surface area contributed by atoms with Gasteiger partial charge in [0.15, 0.2) is 0 Å². The maximum atomic E-state index is 13.8. The summed E-state index contributed by atoms with van der Waals surface area (Å²) in [6.07, 6.45) is -0.110. The van der Waals surface area contributed by atoms with Gasteiger partial charge in [0.25, 0.3) is 0 Å². The molecule has 0 saturated carbocycles. The van der Waals surface area contributed by atoms with Crippen LogP contribution in [-0.4, -0.2) is 29.4 Å². The van der Waals surface area contributed by atoms with Gasteiger partial charge in [0.1, 0.15) is 17.4 Å². The number of benzene rings is 1. The summed E-state index contributed by atoms with van der Waals surface area (Å²) in [7, 11) is 0. The molecule has 1 aliphatic heterocycles. The molecule has 1 aliphatic rings. The van der Waals surface area contributed by atoms with Crippen molar-refractivity contribution in [2.24, 2.45) is 5.92 Å². The molecule has 0 unspecified atom stereocenters. The molecule has 26 heavy (non-hydrogen) atoms. The first-order valence-corrected chi connectivity index (χ1v) is 7.70. The molecule has 2 N–H and O–H groups in total. The minimum absolute atomic E-state index is 0.0360. The van der Waals surface area contributed by atoms with E-state index in [0.717, 1.165) is 17.0 Å². The van der Waals surface area contributed by atoms with Gasteiger partial charge < -0.3 is 19.7 Å². The Bertz CT molecular complexity index is 880. The summed E-state index contributed by atoms with van der Waals surface area (Å²) in [5, 5.41) is 11.3. The summed E-state index contributed by atoms with van der Waals surface area (Å²) in [6, 6.07) is 5.55. The molecule has 2 amide bonds. The van der Waals surface area contributed by atoms with Crippen molar-refractivity contribution in [1.29, 1.82) is 0 Å². The fraction of sp³-hybridized carbons (Fsp3) is 0.235. The smallest absolute Gasteiger partial charge is 0.371 e. The molecule has 1 aromatic carbocycles. The van der Waals surface area contributed by atoms with Crippen LogP contribution in [-0.2, 0) is 16.1 Å². The molecule has 1 saturated heterocycles. The second-order valence-corrected chi connectivity index (χ2v) is 5.79. The Balaban J connectivity index is 1.62. The van der Waals surface area contributed by atoms with E-state index in [0.29, 0.717) is 6.07 Å². The van der Waals surface area contributed by atoms with Crippen LogP contribution in [0.5, 0.6) is 0 Å². The van der Waals surface area contributed by atoms with Crippen LogP contribution < -0.4 is 10.2 Å². The summed E-state index contributed by atoms with van der Waals surface area (Å²) in [6.45, 7) is -0.0759. The first-order chi connectivity index (χ1) is 12.3. The van der Waals surface area contributed by atoms with E-state index in [1.807, 2.05) is 0 Å². The fourth-order valence-corrected chi connectivity index (χ4v) is 2.72. The van der Waals surface area contributed by atoms with Crippen molar-refractivity contribution < 1.29 is 32.7 Å². The highest BCUT2D eigenvalue weighted by molar-refractivity contribution is 6.00. The van der Waals surface area contributed by atoms with E-state index >= 15 is 0 Å². The van der Waals surface area contributed by atoms with Gasteiger partial charge in [-0.15, -0.1) is 0 Å². The number of hydrogen-bond donors (Lipinski definition) is 2. The molecular weight excluding hydrogens is 350 g/mol. The average Bonchev–Trinajstić information content (AvgIpc) is 3.20.